The number of carboxylic acid groups (broad SMARTS) is 1. The van der Waals surface area contributed by atoms with Crippen molar-refractivity contribution in [1.82, 2.24) is 15.1 Å². The minimum absolute atomic E-state index is 0.0888. The van der Waals surface area contributed by atoms with E-state index < -0.39 is 36.5 Å². The van der Waals surface area contributed by atoms with Gasteiger partial charge in [0, 0.05) is 19.0 Å². The van der Waals surface area contributed by atoms with Gasteiger partial charge in [-0.05, 0) is 29.2 Å². The van der Waals surface area contributed by atoms with E-state index in [4.69, 9.17) is 9.84 Å². The fourth-order valence-electron chi connectivity index (χ4n) is 4.38. The van der Waals surface area contributed by atoms with Crippen molar-refractivity contribution < 1.29 is 29.0 Å². The van der Waals surface area contributed by atoms with Gasteiger partial charge in [-0.2, -0.15) is 0 Å². The van der Waals surface area contributed by atoms with Gasteiger partial charge in [-0.3, -0.25) is 14.4 Å². The molecular formula is C24H25N3O6. The number of carbonyl (C=O) groups excluding carboxylic acids is 3. The molecule has 2 aliphatic rings. The quantitative estimate of drug-likeness (QED) is 0.690. The maximum absolute atomic E-state index is 12.7. The Labute approximate surface area is 190 Å². The lowest BCUT2D eigenvalue weighted by Crippen LogP contribution is -2.57. The smallest absolute Gasteiger partial charge is 0.407 e. The summed E-state index contributed by atoms with van der Waals surface area (Å²) in [5.74, 6) is -2.06. The molecule has 1 fully saturated rings. The molecule has 2 N–H and O–H groups in total. The van der Waals surface area contributed by atoms with E-state index in [0.717, 1.165) is 22.3 Å². The molecule has 1 aliphatic carbocycles. The normalized spacial score (nSPS) is 16.1. The summed E-state index contributed by atoms with van der Waals surface area (Å²) in [4.78, 5) is 50.5. The van der Waals surface area contributed by atoms with Crippen molar-refractivity contribution in [2.24, 2.45) is 0 Å². The number of rotatable bonds is 6. The number of nitrogens with zero attached hydrogens (tertiary/aromatic N) is 2. The van der Waals surface area contributed by atoms with E-state index in [1.807, 2.05) is 48.5 Å². The molecule has 1 aliphatic heterocycles. The third-order valence-corrected chi connectivity index (χ3v) is 6.00. The Morgan fingerprint density at radius 2 is 1.67 bits per heavy atom. The zero-order valence-electron chi connectivity index (χ0n) is 18.2. The maximum atomic E-state index is 12.7. The molecule has 0 radical (unpaired) electrons. The Morgan fingerprint density at radius 1 is 1.06 bits per heavy atom. The zero-order chi connectivity index (χ0) is 23.5. The minimum Gasteiger partial charge on any atom is -0.480 e. The minimum atomic E-state index is -1.10. The molecule has 1 heterocycles. The van der Waals surface area contributed by atoms with Gasteiger partial charge in [-0.1, -0.05) is 48.5 Å². The fourth-order valence-corrected chi connectivity index (χ4v) is 4.38. The first-order chi connectivity index (χ1) is 15.8. The first-order valence-corrected chi connectivity index (χ1v) is 10.7. The molecule has 1 saturated heterocycles. The number of amides is 3. The number of benzene rings is 2. The molecule has 0 unspecified atom stereocenters. The van der Waals surface area contributed by atoms with Gasteiger partial charge >= 0.3 is 12.1 Å². The molecule has 2 aromatic carbocycles. The second-order valence-electron chi connectivity index (χ2n) is 8.16. The van der Waals surface area contributed by atoms with Gasteiger partial charge in [0.2, 0.25) is 11.8 Å². The van der Waals surface area contributed by atoms with Crippen LogP contribution >= 0.6 is 0 Å². The summed E-state index contributed by atoms with van der Waals surface area (Å²) >= 11 is 0. The van der Waals surface area contributed by atoms with Crippen molar-refractivity contribution in [1.29, 1.82) is 0 Å². The summed E-state index contributed by atoms with van der Waals surface area (Å²) in [6, 6.07) is 15.1. The molecule has 2 aromatic rings. The predicted molar refractivity (Wildman–Crippen MR) is 118 cm³/mol. The first-order valence-electron chi connectivity index (χ1n) is 10.7. The second-order valence-corrected chi connectivity index (χ2v) is 8.16. The van der Waals surface area contributed by atoms with Crippen molar-refractivity contribution in [3.8, 4) is 11.1 Å². The summed E-state index contributed by atoms with van der Waals surface area (Å²) in [5.41, 5.74) is 4.43. The van der Waals surface area contributed by atoms with Gasteiger partial charge in [0.25, 0.3) is 0 Å². The van der Waals surface area contributed by atoms with Crippen LogP contribution in [0.15, 0.2) is 48.5 Å². The largest absolute Gasteiger partial charge is 0.480 e. The molecule has 1 atom stereocenters. The standard InChI is InChI=1S/C24H25N3O6/c1-15(23(31)27-11-10-26(13-22(29)30)21(28)12-27)25-24(32)33-14-20-18-8-4-2-6-16(18)17-7-3-5-9-19(17)20/h2-9,15,20H,10-14H2,1H3,(H,25,32)(H,29,30)/t15-/m1/s1. The average Bonchev–Trinajstić information content (AvgIpc) is 3.12. The molecule has 172 valence electrons. The van der Waals surface area contributed by atoms with Crippen molar-refractivity contribution >= 4 is 23.9 Å². The molecule has 0 bridgehead atoms. The van der Waals surface area contributed by atoms with Gasteiger partial charge in [0.1, 0.15) is 19.2 Å². The molecule has 4 rings (SSSR count). The number of carboxylic acids is 1. The summed E-state index contributed by atoms with van der Waals surface area (Å²) in [7, 11) is 0. The van der Waals surface area contributed by atoms with E-state index in [0.29, 0.717) is 0 Å². The Hall–Kier alpha value is -3.88. The molecule has 33 heavy (non-hydrogen) atoms. The summed E-state index contributed by atoms with van der Waals surface area (Å²) < 4.78 is 5.47. The van der Waals surface area contributed by atoms with Crippen LogP contribution in [-0.2, 0) is 19.1 Å². The van der Waals surface area contributed by atoms with Crippen LogP contribution in [0.4, 0.5) is 4.79 Å². The molecule has 0 spiro atoms. The lowest BCUT2D eigenvalue weighted by Gasteiger charge is -2.34. The Bertz CT molecular complexity index is 1060. The fraction of sp³-hybridized carbons (Fsp3) is 0.333. The van der Waals surface area contributed by atoms with Crippen molar-refractivity contribution in [2.45, 2.75) is 18.9 Å². The number of hydrogen-bond donors (Lipinski definition) is 2. The van der Waals surface area contributed by atoms with Crippen molar-refractivity contribution in [3.05, 3.63) is 59.7 Å². The maximum Gasteiger partial charge on any atom is 0.407 e. The number of aliphatic carboxylic acids is 1. The molecular weight excluding hydrogens is 426 g/mol. The van der Waals surface area contributed by atoms with Gasteiger partial charge < -0.3 is 25.0 Å². The average molecular weight is 451 g/mol. The second kappa shape index (κ2) is 9.32. The lowest BCUT2D eigenvalue weighted by molar-refractivity contribution is -0.150. The topological polar surface area (TPSA) is 116 Å². The predicted octanol–water partition coefficient (Wildman–Crippen LogP) is 1.67. The van der Waals surface area contributed by atoms with Crippen LogP contribution in [0.1, 0.15) is 24.0 Å². The Balaban J connectivity index is 1.32. The summed E-state index contributed by atoms with van der Waals surface area (Å²) in [6.07, 6.45) is -0.714. The number of piperazine rings is 1. The highest BCUT2D eigenvalue weighted by Crippen LogP contribution is 2.44. The number of alkyl carbamates (subject to hydrolysis) is 1. The van der Waals surface area contributed by atoms with E-state index in [9.17, 15) is 19.2 Å². The van der Waals surface area contributed by atoms with Crippen LogP contribution < -0.4 is 5.32 Å². The zero-order valence-corrected chi connectivity index (χ0v) is 18.2. The van der Waals surface area contributed by atoms with Crippen LogP contribution in [0, 0.1) is 0 Å². The highest BCUT2D eigenvalue weighted by atomic mass is 16.5. The van der Waals surface area contributed by atoms with Crippen LogP contribution in [0.3, 0.4) is 0 Å². The number of hydrogen-bond acceptors (Lipinski definition) is 5. The van der Waals surface area contributed by atoms with E-state index in [1.165, 1.54) is 16.7 Å². The number of fused-ring (bicyclic) bond motifs is 3. The summed E-state index contributed by atoms with van der Waals surface area (Å²) in [6.45, 7) is 1.38. The van der Waals surface area contributed by atoms with Gasteiger partial charge in [0.15, 0.2) is 0 Å². The van der Waals surface area contributed by atoms with Crippen LogP contribution in [0.25, 0.3) is 11.1 Å². The SMILES string of the molecule is C[C@@H](NC(=O)OCC1c2ccccc2-c2ccccc21)C(=O)N1CCN(CC(=O)O)C(=O)C1. The molecule has 9 nitrogen and oxygen atoms in total. The van der Waals surface area contributed by atoms with Crippen molar-refractivity contribution in [3.63, 3.8) is 0 Å². The van der Waals surface area contributed by atoms with Gasteiger partial charge in [0.05, 0.1) is 6.54 Å². The van der Waals surface area contributed by atoms with E-state index in [2.05, 4.69) is 5.32 Å². The third-order valence-electron chi connectivity index (χ3n) is 6.00. The van der Waals surface area contributed by atoms with Crippen LogP contribution in [0.5, 0.6) is 0 Å². The highest BCUT2D eigenvalue weighted by molar-refractivity contribution is 5.91. The van der Waals surface area contributed by atoms with Crippen molar-refractivity contribution in [2.75, 3.05) is 32.8 Å². The lowest BCUT2D eigenvalue weighted by atomic mass is 9.98. The molecule has 3 amide bonds. The van der Waals surface area contributed by atoms with E-state index in [1.54, 1.807) is 0 Å². The van der Waals surface area contributed by atoms with Crippen LogP contribution in [0.2, 0.25) is 0 Å². The van der Waals surface area contributed by atoms with Gasteiger partial charge in [-0.15, -0.1) is 0 Å². The molecule has 9 heteroatoms. The highest BCUT2D eigenvalue weighted by Gasteiger charge is 2.32. The van der Waals surface area contributed by atoms with Gasteiger partial charge in [-0.25, -0.2) is 4.79 Å². The third kappa shape index (κ3) is 4.67. The Morgan fingerprint density at radius 3 is 2.24 bits per heavy atom. The number of nitrogens with one attached hydrogen (secondary N) is 1. The molecule has 0 aromatic heterocycles. The monoisotopic (exact) mass is 451 g/mol. The molecule has 0 saturated carbocycles. The van der Waals surface area contributed by atoms with E-state index in [-0.39, 0.29) is 32.2 Å². The number of carbonyl (C=O) groups is 4. The first kappa shape index (κ1) is 22.3. The van der Waals surface area contributed by atoms with Crippen LogP contribution in [-0.4, -0.2) is 77.6 Å². The van der Waals surface area contributed by atoms with E-state index >= 15 is 0 Å². The number of ether oxygens (including phenoxy) is 1. The summed E-state index contributed by atoms with van der Waals surface area (Å²) in [5, 5.41) is 11.4. The Kier molecular flexibility index (Phi) is 6.30.